The molecule has 150 valence electrons. The molecule has 0 spiro atoms. The Morgan fingerprint density at radius 3 is 1.59 bits per heavy atom. The van der Waals surface area contributed by atoms with E-state index >= 15 is 0 Å². The molecule has 3 aromatic rings. The summed E-state index contributed by atoms with van der Waals surface area (Å²) in [7, 11) is 0. The monoisotopic (exact) mass is 451 g/mol. The van der Waals surface area contributed by atoms with Crippen molar-refractivity contribution in [1.82, 2.24) is 4.90 Å². The third kappa shape index (κ3) is 5.90. The Labute approximate surface area is 182 Å². The Kier molecular flexibility index (Phi) is 7.83. The summed E-state index contributed by atoms with van der Waals surface area (Å²) in [5.41, 5.74) is 3.64. The van der Waals surface area contributed by atoms with E-state index in [0.29, 0.717) is 0 Å². The molecule has 0 aliphatic heterocycles. The van der Waals surface area contributed by atoms with Crippen molar-refractivity contribution < 1.29 is 5.11 Å². The van der Waals surface area contributed by atoms with Gasteiger partial charge in [-0.1, -0.05) is 0 Å². The van der Waals surface area contributed by atoms with Gasteiger partial charge in [-0.3, -0.25) is 0 Å². The molecule has 0 aromatic heterocycles. The summed E-state index contributed by atoms with van der Waals surface area (Å²) in [5, 5.41) is 11.1. The van der Waals surface area contributed by atoms with E-state index in [2.05, 4.69) is 95.0 Å². The molecule has 0 amide bonds. The molecule has 0 fully saturated rings. The zero-order chi connectivity index (χ0) is 20.6. The van der Waals surface area contributed by atoms with Crippen molar-refractivity contribution in [2.24, 2.45) is 5.92 Å². The Hall–Kier alpha value is -2.19. The second-order valence-corrected chi connectivity index (χ2v) is 8.67. The fourth-order valence-corrected chi connectivity index (χ4v) is 4.40. The van der Waals surface area contributed by atoms with Crippen LogP contribution in [0.3, 0.4) is 0 Å². The van der Waals surface area contributed by atoms with Crippen LogP contribution < -0.4 is 0 Å². The Morgan fingerprint density at radius 1 is 0.759 bits per heavy atom. The van der Waals surface area contributed by atoms with Gasteiger partial charge in [-0.2, -0.15) is 0 Å². The molecule has 1 N–H and O–H groups in total. The van der Waals surface area contributed by atoms with E-state index in [1.807, 2.05) is 30.3 Å². The molecule has 0 radical (unpaired) electrons. The van der Waals surface area contributed by atoms with E-state index in [0.717, 1.165) is 23.2 Å². The maximum absolute atomic E-state index is 11.1. The molecule has 0 heterocycles. The van der Waals surface area contributed by atoms with Crippen LogP contribution in [0, 0.1) is 5.92 Å². The van der Waals surface area contributed by atoms with Crippen molar-refractivity contribution in [3.63, 3.8) is 0 Å². The SMILES string of the molecule is CC(C)[C@H](O)[C@H](C(=[Se])N(Cc1ccccc1)Cc1ccccc1)c1ccccc1. The quantitative estimate of drug-likeness (QED) is 0.474. The molecule has 3 aromatic carbocycles. The van der Waals surface area contributed by atoms with Gasteiger partial charge in [0.05, 0.1) is 0 Å². The average Bonchev–Trinajstić information content (AvgIpc) is 2.75. The molecule has 0 unspecified atom stereocenters. The first-order chi connectivity index (χ1) is 14.1. The summed E-state index contributed by atoms with van der Waals surface area (Å²) >= 11 is 3.33. The maximum atomic E-state index is 11.1. The zero-order valence-electron chi connectivity index (χ0n) is 17.1. The van der Waals surface area contributed by atoms with Gasteiger partial charge >= 0.3 is 183 Å². The predicted octanol–water partition coefficient (Wildman–Crippen LogP) is 4.79. The number of rotatable bonds is 9. The molecule has 29 heavy (non-hydrogen) atoms. The molecule has 0 aliphatic rings. The average molecular weight is 450 g/mol. The first-order valence-corrected chi connectivity index (χ1v) is 11.0. The Morgan fingerprint density at radius 2 is 1.17 bits per heavy atom. The van der Waals surface area contributed by atoms with Crippen molar-refractivity contribution in [2.75, 3.05) is 0 Å². The van der Waals surface area contributed by atoms with Gasteiger partial charge in [0.15, 0.2) is 0 Å². The van der Waals surface area contributed by atoms with Crippen LogP contribution in [0.25, 0.3) is 0 Å². The van der Waals surface area contributed by atoms with Crippen LogP contribution in [0.15, 0.2) is 91.0 Å². The van der Waals surface area contributed by atoms with Crippen LogP contribution in [-0.4, -0.2) is 36.2 Å². The number of aliphatic hydroxyl groups excluding tert-OH is 1. The molecular formula is C26H29NOSe. The van der Waals surface area contributed by atoms with Crippen molar-refractivity contribution in [3.05, 3.63) is 108 Å². The van der Waals surface area contributed by atoms with Crippen LogP contribution in [-0.2, 0) is 13.1 Å². The van der Waals surface area contributed by atoms with Gasteiger partial charge in [0.1, 0.15) is 0 Å². The van der Waals surface area contributed by atoms with Crippen molar-refractivity contribution >= 4 is 20.1 Å². The number of hydrogen-bond acceptors (Lipinski definition) is 2. The number of hydrogen-bond donors (Lipinski definition) is 1. The minimum atomic E-state index is -0.470. The first-order valence-electron chi connectivity index (χ1n) is 10.2. The fraction of sp³-hybridized carbons (Fsp3) is 0.269. The van der Waals surface area contributed by atoms with E-state index in [-0.39, 0.29) is 11.8 Å². The van der Waals surface area contributed by atoms with Crippen LogP contribution in [0.1, 0.15) is 36.5 Å². The van der Waals surface area contributed by atoms with E-state index < -0.39 is 6.10 Å². The molecule has 0 aliphatic carbocycles. The van der Waals surface area contributed by atoms with Gasteiger partial charge in [-0.25, -0.2) is 0 Å². The summed E-state index contributed by atoms with van der Waals surface area (Å²) in [6.07, 6.45) is -0.470. The Bertz CT molecular complexity index is 839. The Balaban J connectivity index is 1.95. The molecular weight excluding hydrogens is 421 g/mol. The molecule has 3 heteroatoms. The van der Waals surface area contributed by atoms with Crippen LogP contribution in [0.5, 0.6) is 0 Å². The zero-order valence-corrected chi connectivity index (χ0v) is 18.8. The van der Waals surface area contributed by atoms with Gasteiger partial charge in [0.2, 0.25) is 0 Å². The van der Waals surface area contributed by atoms with Crippen molar-refractivity contribution in [1.29, 1.82) is 0 Å². The van der Waals surface area contributed by atoms with Crippen molar-refractivity contribution in [2.45, 2.75) is 39.0 Å². The fourth-order valence-electron chi connectivity index (χ4n) is 3.55. The summed E-state index contributed by atoms with van der Waals surface area (Å²) in [5.74, 6) is 0.0579. The summed E-state index contributed by atoms with van der Waals surface area (Å²) < 4.78 is 1.07. The van der Waals surface area contributed by atoms with Gasteiger partial charge in [-0.05, 0) is 0 Å². The van der Waals surface area contributed by atoms with Gasteiger partial charge in [0.25, 0.3) is 0 Å². The number of aliphatic hydroxyl groups is 1. The topological polar surface area (TPSA) is 23.5 Å². The first kappa shape index (κ1) is 21.5. The van der Waals surface area contributed by atoms with Gasteiger partial charge in [0, 0.05) is 0 Å². The summed E-state index contributed by atoms with van der Waals surface area (Å²) in [6, 6.07) is 31.3. The number of nitrogens with zero attached hydrogens (tertiary/aromatic N) is 1. The summed E-state index contributed by atoms with van der Waals surface area (Å²) in [4.78, 5) is 2.36. The molecule has 2 atom stereocenters. The van der Waals surface area contributed by atoms with Crippen molar-refractivity contribution in [3.8, 4) is 0 Å². The third-order valence-corrected chi connectivity index (χ3v) is 6.27. The van der Waals surface area contributed by atoms with E-state index in [4.69, 9.17) is 0 Å². The van der Waals surface area contributed by atoms with E-state index in [9.17, 15) is 5.11 Å². The van der Waals surface area contributed by atoms with Crippen LogP contribution in [0.4, 0.5) is 0 Å². The van der Waals surface area contributed by atoms with E-state index in [1.54, 1.807) is 0 Å². The molecule has 0 saturated carbocycles. The summed E-state index contributed by atoms with van der Waals surface area (Å²) in [6.45, 7) is 5.72. The molecule has 0 bridgehead atoms. The molecule has 3 rings (SSSR count). The molecule has 2 nitrogen and oxygen atoms in total. The second-order valence-electron chi connectivity index (χ2n) is 7.79. The van der Waals surface area contributed by atoms with Crippen LogP contribution >= 0.6 is 0 Å². The van der Waals surface area contributed by atoms with E-state index in [1.165, 1.54) is 11.1 Å². The normalized spacial score (nSPS) is 13.1. The standard InChI is InChI=1S/C26H29NOSe/c1-20(2)25(28)24(23-16-10-5-11-17-23)26(29)27(18-21-12-6-3-7-13-21)19-22-14-8-4-9-15-22/h3-17,20,24-25,28H,18-19H2,1-2H3/t24-,25+/m1/s1. The minimum absolute atomic E-state index is 0.0939. The molecule has 0 saturated heterocycles. The number of benzene rings is 3. The third-order valence-electron chi connectivity index (χ3n) is 5.19. The predicted molar refractivity (Wildman–Crippen MR) is 123 cm³/mol. The van der Waals surface area contributed by atoms with Crippen LogP contribution in [0.2, 0.25) is 0 Å². The van der Waals surface area contributed by atoms with Gasteiger partial charge < -0.3 is 0 Å². The van der Waals surface area contributed by atoms with Gasteiger partial charge in [-0.15, -0.1) is 0 Å². The second kappa shape index (κ2) is 10.5.